The predicted octanol–water partition coefficient (Wildman–Crippen LogP) is 3.93. The molecule has 3 rings (SSSR count). The molecule has 1 aliphatic rings. The van der Waals surface area contributed by atoms with E-state index in [1.54, 1.807) is 54.6 Å². The minimum atomic E-state index is -3.68. The zero-order chi connectivity index (χ0) is 22.3. The van der Waals surface area contributed by atoms with E-state index in [9.17, 15) is 13.2 Å². The van der Waals surface area contributed by atoms with Crippen molar-refractivity contribution in [3.05, 3.63) is 89.8 Å². The monoisotopic (exact) mass is 438 g/mol. The van der Waals surface area contributed by atoms with Crippen molar-refractivity contribution in [1.82, 2.24) is 10.3 Å². The van der Waals surface area contributed by atoms with E-state index in [0.29, 0.717) is 17.5 Å². The van der Waals surface area contributed by atoms with Crippen LogP contribution in [0.25, 0.3) is 0 Å². The molecule has 1 N–H and O–H groups in total. The lowest BCUT2D eigenvalue weighted by Crippen LogP contribution is -2.36. The summed E-state index contributed by atoms with van der Waals surface area (Å²) in [5.74, 6) is 2.35. The number of nitrogens with zero attached hydrogens (tertiary/aromatic N) is 1. The summed E-state index contributed by atoms with van der Waals surface area (Å²) >= 11 is 0. The normalized spacial score (nSPS) is 19.0. The first-order valence-corrected chi connectivity index (χ1v) is 11.6. The van der Waals surface area contributed by atoms with Crippen LogP contribution in [0.5, 0.6) is 0 Å². The second-order valence-electron chi connectivity index (χ2n) is 7.15. The molecule has 0 saturated heterocycles. The smallest absolute Gasteiger partial charge is 0.262 e. The molecule has 5 nitrogen and oxygen atoms in total. The van der Waals surface area contributed by atoms with E-state index in [1.807, 2.05) is 0 Å². The third-order valence-electron chi connectivity index (χ3n) is 5.05. The van der Waals surface area contributed by atoms with E-state index in [4.69, 9.17) is 0 Å². The Kier molecular flexibility index (Phi) is 7.03. The van der Waals surface area contributed by atoms with Crippen LogP contribution in [0.1, 0.15) is 40.9 Å². The van der Waals surface area contributed by atoms with Crippen molar-refractivity contribution in [3.63, 3.8) is 0 Å². The van der Waals surface area contributed by atoms with Crippen LogP contribution in [-0.4, -0.2) is 30.7 Å². The van der Waals surface area contributed by atoms with E-state index in [2.05, 4.69) is 22.3 Å². The summed E-state index contributed by atoms with van der Waals surface area (Å²) in [6, 6.07) is 14.2. The number of carbonyl (C=O) groups excluding carboxylic acids is 1. The first kappa shape index (κ1) is 22.4. The molecule has 1 aromatic heterocycles. The molecular weight excluding hydrogens is 415 g/mol. The lowest BCUT2D eigenvalue weighted by atomic mass is 9.87. The molecule has 0 bridgehead atoms. The molecule has 2 unspecified atom stereocenters. The maximum atomic E-state index is 15.9. The SMILES string of the molecule is CCS(=O)(=O)C(c1ccccc1)C1(F)C=CC(CC#CNC(=O)c2ccncc2)=CC1. The summed E-state index contributed by atoms with van der Waals surface area (Å²) in [6.07, 6.45) is 7.84. The van der Waals surface area contributed by atoms with E-state index < -0.39 is 20.8 Å². The van der Waals surface area contributed by atoms with Crippen LogP contribution in [-0.2, 0) is 9.84 Å². The van der Waals surface area contributed by atoms with E-state index in [0.717, 1.165) is 5.57 Å². The molecule has 0 saturated carbocycles. The molecule has 7 heteroatoms. The van der Waals surface area contributed by atoms with Gasteiger partial charge in [0.1, 0.15) is 5.25 Å². The number of amides is 1. The Morgan fingerprint density at radius 3 is 2.55 bits per heavy atom. The molecular formula is C24H23FN2O3S. The number of aromatic nitrogens is 1. The number of benzene rings is 1. The molecule has 0 spiro atoms. The van der Waals surface area contributed by atoms with Gasteiger partial charge in [-0.25, -0.2) is 12.8 Å². The van der Waals surface area contributed by atoms with Crippen LogP contribution in [0.3, 0.4) is 0 Å². The van der Waals surface area contributed by atoms with Gasteiger partial charge in [-0.2, -0.15) is 0 Å². The van der Waals surface area contributed by atoms with Crippen LogP contribution < -0.4 is 5.32 Å². The molecule has 1 heterocycles. The molecule has 0 fully saturated rings. The lowest BCUT2D eigenvalue weighted by Gasteiger charge is -2.32. The number of hydrogen-bond donors (Lipinski definition) is 1. The maximum absolute atomic E-state index is 15.9. The van der Waals surface area contributed by atoms with E-state index in [1.165, 1.54) is 25.4 Å². The Labute approximate surface area is 182 Å². The van der Waals surface area contributed by atoms with Crippen LogP contribution in [0.4, 0.5) is 4.39 Å². The Morgan fingerprint density at radius 1 is 1.23 bits per heavy atom. The van der Waals surface area contributed by atoms with Crippen LogP contribution in [0.2, 0.25) is 0 Å². The number of pyridine rings is 1. The molecule has 1 amide bonds. The zero-order valence-electron chi connectivity index (χ0n) is 17.1. The van der Waals surface area contributed by atoms with Crippen LogP contribution in [0.15, 0.2) is 78.7 Å². The Hall–Kier alpha value is -3.24. The van der Waals surface area contributed by atoms with Crippen LogP contribution in [0, 0.1) is 12.0 Å². The van der Waals surface area contributed by atoms with Gasteiger partial charge in [-0.05, 0) is 29.3 Å². The fraction of sp³-hybridized carbons (Fsp3) is 0.250. The van der Waals surface area contributed by atoms with Gasteiger partial charge < -0.3 is 0 Å². The first-order valence-electron chi connectivity index (χ1n) is 9.87. The third-order valence-corrected chi connectivity index (χ3v) is 7.24. The molecule has 0 aliphatic heterocycles. The number of rotatable bonds is 6. The fourth-order valence-corrected chi connectivity index (χ4v) is 5.07. The number of halogens is 1. The van der Waals surface area contributed by atoms with Gasteiger partial charge in [0, 0.05) is 42.6 Å². The highest BCUT2D eigenvalue weighted by Gasteiger charge is 2.45. The number of carbonyl (C=O) groups is 1. The van der Waals surface area contributed by atoms with Gasteiger partial charge in [-0.3, -0.25) is 15.1 Å². The number of allylic oxidation sites excluding steroid dienone is 4. The molecule has 31 heavy (non-hydrogen) atoms. The van der Waals surface area contributed by atoms with E-state index >= 15 is 4.39 Å². The largest absolute Gasteiger partial charge is 0.281 e. The summed E-state index contributed by atoms with van der Waals surface area (Å²) in [5.41, 5.74) is -0.387. The minimum Gasteiger partial charge on any atom is -0.281 e. The number of nitrogens with one attached hydrogen (secondary N) is 1. The van der Waals surface area contributed by atoms with Crippen molar-refractivity contribution < 1.29 is 17.6 Å². The van der Waals surface area contributed by atoms with Crippen molar-refractivity contribution in [3.8, 4) is 12.0 Å². The Balaban J connectivity index is 1.68. The van der Waals surface area contributed by atoms with Crippen LogP contribution >= 0.6 is 0 Å². The highest BCUT2D eigenvalue weighted by molar-refractivity contribution is 7.91. The summed E-state index contributed by atoms with van der Waals surface area (Å²) in [7, 11) is -3.68. The highest BCUT2D eigenvalue weighted by atomic mass is 32.2. The van der Waals surface area contributed by atoms with Crippen molar-refractivity contribution in [2.24, 2.45) is 0 Å². The quantitative estimate of drug-likeness (QED) is 0.548. The zero-order valence-corrected chi connectivity index (χ0v) is 17.9. The summed E-state index contributed by atoms with van der Waals surface area (Å²) in [6.45, 7) is 1.53. The molecule has 1 aromatic carbocycles. The Bertz CT molecular complexity index is 1150. The van der Waals surface area contributed by atoms with Crippen molar-refractivity contribution >= 4 is 15.7 Å². The third kappa shape index (κ3) is 5.47. The summed E-state index contributed by atoms with van der Waals surface area (Å²) in [5, 5.41) is 1.22. The van der Waals surface area contributed by atoms with Crippen molar-refractivity contribution in [2.45, 2.75) is 30.7 Å². The van der Waals surface area contributed by atoms with Gasteiger partial charge in [0.25, 0.3) is 5.91 Å². The average Bonchev–Trinajstić information content (AvgIpc) is 2.79. The molecule has 1 aliphatic carbocycles. The molecule has 2 aromatic rings. The maximum Gasteiger partial charge on any atom is 0.262 e. The van der Waals surface area contributed by atoms with E-state index in [-0.39, 0.29) is 18.1 Å². The van der Waals surface area contributed by atoms with Gasteiger partial charge in [0.05, 0.1) is 0 Å². The predicted molar refractivity (Wildman–Crippen MR) is 118 cm³/mol. The number of alkyl halides is 1. The molecule has 0 radical (unpaired) electrons. The summed E-state index contributed by atoms with van der Waals surface area (Å²) in [4.78, 5) is 15.8. The number of hydrogen-bond acceptors (Lipinski definition) is 4. The van der Waals surface area contributed by atoms with Gasteiger partial charge >= 0.3 is 0 Å². The second-order valence-corrected chi connectivity index (χ2v) is 9.53. The lowest BCUT2D eigenvalue weighted by molar-refractivity contribution is 0.0973. The van der Waals surface area contributed by atoms with Gasteiger partial charge in [-0.15, -0.1) is 0 Å². The standard InChI is InChI=1S/C24H23FN2O3S/c1-2-31(29,30)22(20-8-4-3-5-9-20)24(25)14-10-19(11-15-24)7-6-16-27-23(28)21-12-17-26-18-13-21/h3-5,8-14,17-18,22H,2,7,15H2,1H3,(H,27,28). The van der Waals surface area contributed by atoms with Gasteiger partial charge in [0.15, 0.2) is 15.5 Å². The topological polar surface area (TPSA) is 76.1 Å². The Morgan fingerprint density at radius 2 is 1.94 bits per heavy atom. The fourth-order valence-electron chi connectivity index (χ4n) is 3.39. The van der Waals surface area contributed by atoms with Crippen molar-refractivity contribution in [1.29, 1.82) is 0 Å². The minimum absolute atomic E-state index is 0.0668. The molecule has 2 atom stereocenters. The average molecular weight is 439 g/mol. The van der Waals surface area contributed by atoms with Gasteiger partial charge in [-0.1, -0.05) is 55.3 Å². The summed E-state index contributed by atoms with van der Waals surface area (Å²) < 4.78 is 41.3. The van der Waals surface area contributed by atoms with Gasteiger partial charge in [0.2, 0.25) is 0 Å². The van der Waals surface area contributed by atoms with Crippen molar-refractivity contribution in [2.75, 3.05) is 5.75 Å². The second kappa shape index (κ2) is 9.71. The highest BCUT2D eigenvalue weighted by Crippen LogP contribution is 2.43. The molecule has 160 valence electrons. The first-order chi connectivity index (χ1) is 14.9. The number of sulfone groups is 1.